The third-order valence-electron chi connectivity index (χ3n) is 8.41. The SMILES string of the molecule is O=CCCC1CC(C2c3ccc(Cl)cc3CCc3cc(Br)cnc32)CCN1C(=O)NC1CCCCC1. The quantitative estimate of drug-likeness (QED) is 0.400. The largest absolute Gasteiger partial charge is 0.335 e. The molecule has 2 amide bonds. The van der Waals surface area contributed by atoms with Crippen LogP contribution in [-0.2, 0) is 17.6 Å². The Morgan fingerprint density at radius 3 is 2.75 bits per heavy atom. The van der Waals surface area contributed by atoms with Crippen molar-refractivity contribution >= 4 is 39.8 Å². The minimum Gasteiger partial charge on any atom is -0.335 e. The molecule has 1 aromatic carbocycles. The van der Waals surface area contributed by atoms with E-state index in [1.165, 1.54) is 36.0 Å². The standard InChI is InChI=1S/C29H35BrClN3O2/c30-22-15-21-9-8-19-16-23(31)10-11-26(19)27(28(21)32-18-22)20-12-13-34(25(17-20)7-4-14-35)29(36)33-24-5-2-1-3-6-24/h10-11,14-16,18,20,24-25,27H,1-9,12-13,17H2,(H,33,36). The van der Waals surface area contributed by atoms with Gasteiger partial charge in [0.15, 0.2) is 0 Å². The number of pyridine rings is 1. The van der Waals surface area contributed by atoms with E-state index in [1.54, 1.807) is 0 Å². The van der Waals surface area contributed by atoms with Crippen molar-refractivity contribution in [3.05, 3.63) is 62.3 Å². The Balaban J connectivity index is 1.43. The lowest BCUT2D eigenvalue weighted by atomic mass is 9.74. The fourth-order valence-corrected chi connectivity index (χ4v) is 7.22. The first-order chi connectivity index (χ1) is 17.5. The fourth-order valence-electron chi connectivity index (χ4n) is 6.65. The molecule has 0 spiro atoms. The molecule has 1 aliphatic heterocycles. The molecule has 2 aromatic rings. The lowest BCUT2D eigenvalue weighted by Gasteiger charge is -2.43. The van der Waals surface area contributed by atoms with Crippen LogP contribution in [0, 0.1) is 5.92 Å². The van der Waals surface area contributed by atoms with Crippen molar-refractivity contribution in [2.75, 3.05) is 6.54 Å². The summed E-state index contributed by atoms with van der Waals surface area (Å²) < 4.78 is 1.00. The van der Waals surface area contributed by atoms with Gasteiger partial charge in [-0.05, 0) is 102 Å². The van der Waals surface area contributed by atoms with Gasteiger partial charge in [0.25, 0.3) is 0 Å². The summed E-state index contributed by atoms with van der Waals surface area (Å²) in [6.07, 6.45) is 13.5. The molecule has 192 valence electrons. The third kappa shape index (κ3) is 5.65. The molecule has 2 fully saturated rings. The Bertz CT molecular complexity index is 1050. The molecule has 1 aromatic heterocycles. The van der Waals surface area contributed by atoms with Gasteiger partial charge in [-0.1, -0.05) is 36.9 Å². The number of piperidine rings is 1. The number of aromatic nitrogens is 1. The lowest BCUT2D eigenvalue weighted by molar-refractivity contribution is -0.108. The van der Waals surface area contributed by atoms with Gasteiger partial charge in [-0.3, -0.25) is 4.98 Å². The van der Waals surface area contributed by atoms with Gasteiger partial charge in [-0.25, -0.2) is 4.79 Å². The van der Waals surface area contributed by atoms with Crippen molar-refractivity contribution in [1.29, 1.82) is 0 Å². The number of hydrogen-bond donors (Lipinski definition) is 1. The van der Waals surface area contributed by atoms with Crippen molar-refractivity contribution in [2.24, 2.45) is 5.92 Å². The van der Waals surface area contributed by atoms with Crippen LogP contribution in [0.5, 0.6) is 0 Å². The molecule has 5 rings (SSSR count). The number of likely N-dealkylation sites (tertiary alicyclic amines) is 1. The summed E-state index contributed by atoms with van der Waals surface area (Å²) in [6, 6.07) is 8.88. The molecule has 0 bridgehead atoms. The zero-order valence-corrected chi connectivity index (χ0v) is 23.1. The summed E-state index contributed by atoms with van der Waals surface area (Å²) in [4.78, 5) is 31.6. The number of benzene rings is 1. The number of aldehydes is 1. The van der Waals surface area contributed by atoms with Crippen LogP contribution in [0.3, 0.4) is 0 Å². The molecule has 2 aliphatic carbocycles. The first kappa shape index (κ1) is 25.7. The molecular weight excluding hydrogens is 538 g/mol. The topological polar surface area (TPSA) is 62.3 Å². The number of rotatable bonds is 5. The Labute approximate surface area is 227 Å². The van der Waals surface area contributed by atoms with Crippen molar-refractivity contribution in [3.63, 3.8) is 0 Å². The molecule has 0 radical (unpaired) electrons. The highest BCUT2D eigenvalue weighted by Gasteiger charge is 2.39. The monoisotopic (exact) mass is 571 g/mol. The summed E-state index contributed by atoms with van der Waals surface area (Å²) in [7, 11) is 0. The number of halogens is 2. The summed E-state index contributed by atoms with van der Waals surface area (Å²) in [5.41, 5.74) is 5.04. The van der Waals surface area contributed by atoms with E-state index < -0.39 is 0 Å². The highest BCUT2D eigenvalue weighted by molar-refractivity contribution is 9.10. The molecule has 1 saturated carbocycles. The number of nitrogens with one attached hydrogen (secondary N) is 1. The fraction of sp³-hybridized carbons (Fsp3) is 0.552. The normalized spacial score (nSPS) is 24.4. The van der Waals surface area contributed by atoms with Gasteiger partial charge < -0.3 is 15.0 Å². The first-order valence-electron chi connectivity index (χ1n) is 13.5. The van der Waals surface area contributed by atoms with Crippen molar-refractivity contribution in [2.45, 2.75) is 88.6 Å². The Hall–Kier alpha value is -1.92. The van der Waals surface area contributed by atoms with E-state index in [9.17, 15) is 9.59 Å². The molecule has 5 nitrogen and oxygen atoms in total. The lowest BCUT2D eigenvalue weighted by Crippen LogP contribution is -2.53. The number of carbonyl (C=O) groups is 2. The van der Waals surface area contributed by atoms with Gasteiger partial charge in [0.2, 0.25) is 0 Å². The molecule has 3 unspecified atom stereocenters. The van der Waals surface area contributed by atoms with E-state index in [0.717, 1.165) is 60.0 Å². The average molecular weight is 573 g/mol. The van der Waals surface area contributed by atoms with Gasteiger partial charge in [-0.15, -0.1) is 0 Å². The van der Waals surface area contributed by atoms with Gasteiger partial charge in [0.05, 0.1) is 5.69 Å². The highest BCUT2D eigenvalue weighted by Crippen LogP contribution is 2.44. The maximum Gasteiger partial charge on any atom is 0.317 e. The minimum atomic E-state index is 0.0479. The number of fused-ring (bicyclic) bond motifs is 2. The average Bonchev–Trinajstić information content (AvgIpc) is 3.04. The third-order valence-corrected chi connectivity index (χ3v) is 9.07. The molecule has 1 N–H and O–H groups in total. The van der Waals surface area contributed by atoms with Crippen molar-refractivity contribution in [1.82, 2.24) is 15.2 Å². The van der Waals surface area contributed by atoms with Crippen molar-refractivity contribution < 1.29 is 9.59 Å². The predicted molar refractivity (Wildman–Crippen MR) is 147 cm³/mol. The predicted octanol–water partition coefficient (Wildman–Crippen LogP) is 6.83. The van der Waals surface area contributed by atoms with Crippen LogP contribution in [0.15, 0.2) is 34.9 Å². The van der Waals surface area contributed by atoms with E-state index in [0.29, 0.717) is 25.3 Å². The maximum absolute atomic E-state index is 13.3. The van der Waals surface area contributed by atoms with Crippen LogP contribution >= 0.6 is 27.5 Å². The second-order valence-electron chi connectivity index (χ2n) is 10.7. The molecule has 2 heterocycles. The van der Waals surface area contributed by atoms with Gasteiger partial charge >= 0.3 is 6.03 Å². The second kappa shape index (κ2) is 11.6. The molecular formula is C29H35BrClN3O2. The minimum absolute atomic E-state index is 0.0479. The smallest absolute Gasteiger partial charge is 0.317 e. The Morgan fingerprint density at radius 1 is 1.14 bits per heavy atom. The van der Waals surface area contributed by atoms with Crippen LogP contribution in [0.4, 0.5) is 4.79 Å². The van der Waals surface area contributed by atoms with E-state index in [4.69, 9.17) is 16.6 Å². The zero-order valence-electron chi connectivity index (χ0n) is 20.7. The van der Waals surface area contributed by atoms with E-state index >= 15 is 0 Å². The number of amides is 2. The summed E-state index contributed by atoms with van der Waals surface area (Å²) >= 11 is 10.0. The van der Waals surface area contributed by atoms with Crippen LogP contribution in [-0.4, -0.2) is 40.8 Å². The Kier molecular flexibility index (Phi) is 8.32. The number of carbonyl (C=O) groups excluding carboxylic acids is 2. The number of urea groups is 1. The zero-order chi connectivity index (χ0) is 25.1. The summed E-state index contributed by atoms with van der Waals surface area (Å²) in [6.45, 7) is 0.706. The summed E-state index contributed by atoms with van der Waals surface area (Å²) in [5, 5.41) is 4.08. The van der Waals surface area contributed by atoms with Gasteiger partial charge in [0, 0.05) is 46.7 Å². The number of nitrogens with zero attached hydrogens (tertiary/aromatic N) is 2. The molecule has 36 heavy (non-hydrogen) atoms. The van der Waals surface area contributed by atoms with E-state index in [-0.39, 0.29) is 24.0 Å². The highest BCUT2D eigenvalue weighted by atomic mass is 79.9. The van der Waals surface area contributed by atoms with E-state index in [1.807, 2.05) is 17.2 Å². The van der Waals surface area contributed by atoms with Crippen LogP contribution < -0.4 is 5.32 Å². The van der Waals surface area contributed by atoms with E-state index in [2.05, 4.69) is 39.4 Å². The van der Waals surface area contributed by atoms with Crippen LogP contribution in [0.25, 0.3) is 0 Å². The summed E-state index contributed by atoms with van der Waals surface area (Å²) in [5.74, 6) is 0.496. The second-order valence-corrected chi connectivity index (χ2v) is 12.0. The molecule has 7 heteroatoms. The molecule has 3 atom stereocenters. The number of aryl methyl sites for hydroxylation is 2. The molecule has 3 aliphatic rings. The van der Waals surface area contributed by atoms with Crippen molar-refractivity contribution in [3.8, 4) is 0 Å². The van der Waals surface area contributed by atoms with Crippen LogP contribution in [0.2, 0.25) is 5.02 Å². The molecule has 1 saturated heterocycles. The van der Waals surface area contributed by atoms with Gasteiger partial charge in [0.1, 0.15) is 6.29 Å². The van der Waals surface area contributed by atoms with Gasteiger partial charge in [-0.2, -0.15) is 0 Å². The Morgan fingerprint density at radius 2 is 1.94 bits per heavy atom. The first-order valence-corrected chi connectivity index (χ1v) is 14.6. The van der Waals surface area contributed by atoms with Crippen LogP contribution in [0.1, 0.15) is 86.1 Å². The maximum atomic E-state index is 13.3. The number of hydrogen-bond acceptors (Lipinski definition) is 3.